The summed E-state index contributed by atoms with van der Waals surface area (Å²) in [5.41, 5.74) is 2.26. The van der Waals surface area contributed by atoms with Crippen LogP contribution in [0.4, 0.5) is 10.1 Å². The Morgan fingerprint density at radius 1 is 1.13 bits per heavy atom. The van der Waals surface area contributed by atoms with E-state index in [0.29, 0.717) is 11.3 Å². The Labute approximate surface area is 134 Å². The summed E-state index contributed by atoms with van der Waals surface area (Å²) in [6, 6.07) is 11.5. The van der Waals surface area contributed by atoms with Gasteiger partial charge in [0.25, 0.3) is 5.91 Å². The van der Waals surface area contributed by atoms with Crippen LogP contribution in [0, 0.1) is 19.7 Å². The summed E-state index contributed by atoms with van der Waals surface area (Å²) in [5, 5.41) is 0. The molecule has 1 amide bonds. The van der Waals surface area contributed by atoms with Gasteiger partial charge in [0.15, 0.2) is 6.61 Å². The molecule has 0 aromatic heterocycles. The van der Waals surface area contributed by atoms with Gasteiger partial charge in [0.05, 0.1) is 5.56 Å². The highest BCUT2D eigenvalue weighted by atomic mass is 19.1. The minimum atomic E-state index is -0.727. The quantitative estimate of drug-likeness (QED) is 0.814. The zero-order chi connectivity index (χ0) is 17.0. The molecule has 120 valence electrons. The molecule has 23 heavy (non-hydrogen) atoms. The van der Waals surface area contributed by atoms with Crippen molar-refractivity contribution in [3.05, 3.63) is 65.0 Å². The maximum absolute atomic E-state index is 13.4. The summed E-state index contributed by atoms with van der Waals surface area (Å²) >= 11 is 0. The minimum Gasteiger partial charge on any atom is -0.452 e. The predicted octanol–water partition coefficient (Wildman–Crippen LogP) is 3.26. The molecule has 0 spiro atoms. The number of halogens is 1. The van der Waals surface area contributed by atoms with Gasteiger partial charge in [-0.05, 0) is 49.2 Å². The molecule has 5 heteroatoms. The Hall–Kier alpha value is -2.69. The zero-order valence-electron chi connectivity index (χ0n) is 13.3. The number of amides is 1. The van der Waals surface area contributed by atoms with Crippen LogP contribution in [-0.2, 0) is 9.53 Å². The van der Waals surface area contributed by atoms with Gasteiger partial charge in [0.1, 0.15) is 5.82 Å². The summed E-state index contributed by atoms with van der Waals surface area (Å²) in [6.07, 6.45) is 0. The fourth-order valence-corrected chi connectivity index (χ4v) is 2.01. The second kappa shape index (κ2) is 7.05. The molecule has 0 heterocycles. The van der Waals surface area contributed by atoms with Crippen LogP contribution in [-0.4, -0.2) is 25.5 Å². The molecule has 0 fully saturated rings. The Balaban J connectivity index is 1.98. The highest BCUT2D eigenvalue weighted by Gasteiger charge is 2.15. The highest BCUT2D eigenvalue weighted by Crippen LogP contribution is 2.15. The van der Waals surface area contributed by atoms with Crippen LogP contribution in [0.3, 0.4) is 0 Å². The number of hydrogen-bond acceptors (Lipinski definition) is 3. The van der Waals surface area contributed by atoms with Gasteiger partial charge in [-0.3, -0.25) is 4.79 Å². The monoisotopic (exact) mass is 315 g/mol. The zero-order valence-corrected chi connectivity index (χ0v) is 13.3. The third-order valence-corrected chi connectivity index (χ3v) is 3.50. The first-order valence-electron chi connectivity index (χ1n) is 7.15. The number of aryl methyl sites for hydroxylation is 2. The van der Waals surface area contributed by atoms with Crippen molar-refractivity contribution in [2.75, 3.05) is 18.6 Å². The van der Waals surface area contributed by atoms with Crippen molar-refractivity contribution in [2.24, 2.45) is 0 Å². The SMILES string of the molecule is Cc1cccc(N(C)C(=O)COC(=O)c2ccc(C)c(F)c2)c1. The second-order valence-electron chi connectivity index (χ2n) is 5.33. The number of anilines is 1. The normalized spacial score (nSPS) is 10.3. The van der Waals surface area contributed by atoms with E-state index in [-0.39, 0.29) is 11.5 Å². The summed E-state index contributed by atoms with van der Waals surface area (Å²) in [6.45, 7) is 3.12. The lowest BCUT2D eigenvalue weighted by molar-refractivity contribution is -0.121. The van der Waals surface area contributed by atoms with E-state index in [1.165, 1.54) is 17.0 Å². The van der Waals surface area contributed by atoms with Crippen molar-refractivity contribution in [3.63, 3.8) is 0 Å². The maximum Gasteiger partial charge on any atom is 0.338 e. The molecule has 0 aliphatic heterocycles. The summed E-state index contributed by atoms with van der Waals surface area (Å²) in [5.74, 6) is -1.57. The van der Waals surface area contributed by atoms with Crippen molar-refractivity contribution >= 4 is 17.6 Å². The van der Waals surface area contributed by atoms with Gasteiger partial charge < -0.3 is 9.64 Å². The fraction of sp³-hybridized carbons (Fsp3) is 0.222. The Morgan fingerprint density at radius 2 is 1.87 bits per heavy atom. The van der Waals surface area contributed by atoms with E-state index in [2.05, 4.69) is 0 Å². The Kier molecular flexibility index (Phi) is 5.11. The van der Waals surface area contributed by atoms with Crippen molar-refractivity contribution in [1.29, 1.82) is 0 Å². The summed E-state index contributed by atoms with van der Waals surface area (Å²) < 4.78 is 18.4. The molecule has 0 saturated carbocycles. The third-order valence-electron chi connectivity index (χ3n) is 3.50. The van der Waals surface area contributed by atoms with Crippen LogP contribution in [0.5, 0.6) is 0 Å². The summed E-state index contributed by atoms with van der Waals surface area (Å²) in [7, 11) is 1.61. The number of esters is 1. The van der Waals surface area contributed by atoms with Crippen LogP contribution >= 0.6 is 0 Å². The van der Waals surface area contributed by atoms with E-state index in [0.717, 1.165) is 11.6 Å². The molecule has 0 bridgehead atoms. The molecule has 0 unspecified atom stereocenters. The van der Waals surface area contributed by atoms with Crippen LogP contribution in [0.2, 0.25) is 0 Å². The van der Waals surface area contributed by atoms with Gasteiger partial charge in [-0.1, -0.05) is 18.2 Å². The van der Waals surface area contributed by atoms with Crippen molar-refractivity contribution in [1.82, 2.24) is 0 Å². The molecule has 0 N–H and O–H groups in total. The van der Waals surface area contributed by atoms with E-state index < -0.39 is 18.4 Å². The van der Waals surface area contributed by atoms with E-state index in [4.69, 9.17) is 4.74 Å². The average Bonchev–Trinajstić information content (AvgIpc) is 2.54. The number of carbonyl (C=O) groups is 2. The molecule has 0 atom stereocenters. The van der Waals surface area contributed by atoms with Crippen LogP contribution < -0.4 is 4.90 Å². The summed E-state index contributed by atoms with van der Waals surface area (Å²) in [4.78, 5) is 25.4. The lowest BCUT2D eigenvalue weighted by atomic mass is 10.1. The number of hydrogen-bond donors (Lipinski definition) is 0. The van der Waals surface area contributed by atoms with Crippen molar-refractivity contribution in [3.8, 4) is 0 Å². The van der Waals surface area contributed by atoms with Gasteiger partial charge in [-0.2, -0.15) is 0 Å². The number of likely N-dealkylation sites (N-methyl/N-ethyl adjacent to an activating group) is 1. The highest BCUT2D eigenvalue weighted by molar-refractivity contribution is 5.96. The predicted molar refractivity (Wildman–Crippen MR) is 86.0 cm³/mol. The van der Waals surface area contributed by atoms with Gasteiger partial charge in [0.2, 0.25) is 0 Å². The van der Waals surface area contributed by atoms with Crippen molar-refractivity contribution in [2.45, 2.75) is 13.8 Å². The number of rotatable bonds is 4. The van der Waals surface area contributed by atoms with Gasteiger partial charge in [-0.15, -0.1) is 0 Å². The number of carbonyl (C=O) groups excluding carboxylic acids is 2. The largest absolute Gasteiger partial charge is 0.452 e. The van der Waals surface area contributed by atoms with Crippen molar-refractivity contribution < 1.29 is 18.7 Å². The molecule has 2 aromatic carbocycles. The van der Waals surface area contributed by atoms with Gasteiger partial charge in [0, 0.05) is 12.7 Å². The molecule has 0 saturated heterocycles. The number of benzene rings is 2. The Bertz CT molecular complexity index is 743. The van der Waals surface area contributed by atoms with Gasteiger partial charge >= 0.3 is 5.97 Å². The number of ether oxygens (including phenoxy) is 1. The van der Waals surface area contributed by atoms with E-state index in [1.54, 1.807) is 20.0 Å². The first-order chi connectivity index (χ1) is 10.9. The molecule has 0 aliphatic carbocycles. The lowest BCUT2D eigenvalue weighted by Gasteiger charge is -2.17. The minimum absolute atomic E-state index is 0.0825. The molecule has 4 nitrogen and oxygen atoms in total. The standard InChI is InChI=1S/C18H18FNO3/c1-12-5-4-6-15(9-12)20(3)17(21)11-23-18(22)14-8-7-13(2)16(19)10-14/h4-10H,11H2,1-3H3. The van der Waals surface area contributed by atoms with Crippen LogP contribution in [0.25, 0.3) is 0 Å². The smallest absolute Gasteiger partial charge is 0.338 e. The van der Waals surface area contributed by atoms with E-state index in [9.17, 15) is 14.0 Å². The Morgan fingerprint density at radius 3 is 2.52 bits per heavy atom. The average molecular weight is 315 g/mol. The third kappa shape index (κ3) is 4.16. The first-order valence-corrected chi connectivity index (χ1v) is 7.15. The molecule has 0 aliphatic rings. The molecular formula is C18H18FNO3. The molecular weight excluding hydrogens is 297 g/mol. The maximum atomic E-state index is 13.4. The van der Waals surface area contributed by atoms with Crippen LogP contribution in [0.1, 0.15) is 21.5 Å². The van der Waals surface area contributed by atoms with E-state index >= 15 is 0 Å². The number of nitrogens with zero attached hydrogens (tertiary/aromatic N) is 1. The van der Waals surface area contributed by atoms with E-state index in [1.807, 2.05) is 25.1 Å². The molecule has 0 radical (unpaired) electrons. The fourth-order valence-electron chi connectivity index (χ4n) is 2.01. The van der Waals surface area contributed by atoms with Crippen LogP contribution in [0.15, 0.2) is 42.5 Å². The molecule has 2 aromatic rings. The molecule has 2 rings (SSSR count). The first kappa shape index (κ1) is 16.7. The second-order valence-corrected chi connectivity index (χ2v) is 5.33. The topological polar surface area (TPSA) is 46.6 Å². The lowest BCUT2D eigenvalue weighted by Crippen LogP contribution is -2.31. The van der Waals surface area contributed by atoms with Gasteiger partial charge in [-0.25, -0.2) is 9.18 Å².